The Morgan fingerprint density at radius 1 is 1.31 bits per heavy atom. The van der Waals surface area contributed by atoms with Crippen LogP contribution in [0, 0.1) is 0 Å². The van der Waals surface area contributed by atoms with E-state index in [2.05, 4.69) is 6.08 Å². The molecule has 1 fully saturated rings. The number of carbonyl (C=O) groups is 1. The van der Waals surface area contributed by atoms with Gasteiger partial charge in [-0.05, 0) is 39.6 Å². The summed E-state index contributed by atoms with van der Waals surface area (Å²) in [5.41, 5.74) is 5.54. The zero-order valence-corrected chi connectivity index (χ0v) is 17.1. The number of hydrogen-bond donors (Lipinski definition) is 2. The summed E-state index contributed by atoms with van der Waals surface area (Å²) in [6.07, 6.45) is 6.17. The van der Waals surface area contributed by atoms with Gasteiger partial charge in [-0.3, -0.25) is 4.79 Å². The van der Waals surface area contributed by atoms with E-state index in [4.69, 9.17) is 20.9 Å². The van der Waals surface area contributed by atoms with E-state index in [1.165, 1.54) is 11.2 Å². The van der Waals surface area contributed by atoms with Gasteiger partial charge in [0.1, 0.15) is 0 Å². The van der Waals surface area contributed by atoms with Gasteiger partial charge in [0.25, 0.3) is 0 Å². The molecule has 0 radical (unpaired) electrons. The highest BCUT2D eigenvalue weighted by atomic mass is 16.7. The molecule has 148 valence electrons. The third kappa shape index (κ3) is 5.49. The predicted octanol–water partition coefficient (Wildman–Crippen LogP) is 1.80. The van der Waals surface area contributed by atoms with Gasteiger partial charge in [-0.15, -0.1) is 0 Å². The molecule has 0 aromatic carbocycles. The lowest BCUT2D eigenvalue weighted by atomic mass is 9.76. The largest absolute Gasteiger partial charge is 0.492 e. The standard InChI is InChI=1S/C16H29BN4O3.C2H6/c1-15(2)16(3,4)24-17(23-15)13-6-5-9-20(12-13)14(22)7-10-21(19)11-8-18;1-2/h6,8,11H,5,7,9-10,12,18-19H2,1-4H3;1-2H3/b11-8-;. The van der Waals surface area contributed by atoms with Crippen molar-refractivity contribution in [1.29, 1.82) is 0 Å². The normalized spacial score (nSPS) is 21.3. The van der Waals surface area contributed by atoms with Crippen LogP contribution in [0.2, 0.25) is 0 Å². The molecule has 26 heavy (non-hydrogen) atoms. The van der Waals surface area contributed by atoms with Gasteiger partial charge in [0.05, 0.1) is 11.2 Å². The van der Waals surface area contributed by atoms with Crippen molar-refractivity contribution in [3.05, 3.63) is 23.9 Å². The second kappa shape index (κ2) is 9.44. The molecule has 2 aliphatic rings. The quantitative estimate of drug-likeness (QED) is 0.438. The van der Waals surface area contributed by atoms with Crippen molar-refractivity contribution in [3.63, 3.8) is 0 Å². The van der Waals surface area contributed by atoms with E-state index in [1.807, 2.05) is 46.4 Å². The van der Waals surface area contributed by atoms with Crippen molar-refractivity contribution in [2.24, 2.45) is 11.6 Å². The van der Waals surface area contributed by atoms with Gasteiger partial charge in [0.15, 0.2) is 0 Å². The first-order valence-corrected chi connectivity index (χ1v) is 9.38. The van der Waals surface area contributed by atoms with Gasteiger partial charge in [-0.2, -0.15) is 0 Å². The van der Waals surface area contributed by atoms with Crippen molar-refractivity contribution < 1.29 is 14.1 Å². The zero-order valence-electron chi connectivity index (χ0n) is 17.1. The van der Waals surface area contributed by atoms with E-state index in [1.54, 1.807) is 6.20 Å². The van der Waals surface area contributed by atoms with Crippen LogP contribution in [0.1, 0.15) is 54.4 Å². The fourth-order valence-electron chi connectivity index (χ4n) is 2.72. The first-order chi connectivity index (χ1) is 12.2. The third-order valence-corrected chi connectivity index (χ3v) is 4.95. The van der Waals surface area contributed by atoms with Crippen molar-refractivity contribution in [1.82, 2.24) is 9.91 Å². The maximum Gasteiger partial charge on any atom is 0.492 e. The second-order valence-electron chi connectivity index (χ2n) is 7.30. The summed E-state index contributed by atoms with van der Waals surface area (Å²) in [4.78, 5) is 14.2. The highest BCUT2D eigenvalue weighted by molar-refractivity contribution is 6.54. The van der Waals surface area contributed by atoms with E-state index in [-0.39, 0.29) is 17.1 Å². The smallest absolute Gasteiger partial charge is 0.403 e. The number of carbonyl (C=O) groups excluding carboxylic acids is 1. The molecule has 1 saturated heterocycles. The number of hydrogen-bond acceptors (Lipinski definition) is 6. The molecule has 0 unspecified atom stereocenters. The SMILES string of the molecule is CC.CC1(C)OB(C2=CCCN(C(=O)CCN(N)/C=C\N)C2)OC1(C)C. The van der Waals surface area contributed by atoms with Crippen LogP contribution < -0.4 is 11.6 Å². The molecule has 0 aromatic rings. The van der Waals surface area contributed by atoms with Crippen molar-refractivity contribution in [3.8, 4) is 0 Å². The Bertz CT molecular complexity index is 519. The molecule has 4 N–H and O–H groups in total. The molecule has 0 aromatic heterocycles. The Labute approximate surface area is 158 Å². The van der Waals surface area contributed by atoms with Crippen LogP contribution in [0.25, 0.3) is 0 Å². The lowest BCUT2D eigenvalue weighted by Crippen LogP contribution is -2.41. The predicted molar refractivity (Wildman–Crippen MR) is 106 cm³/mol. The summed E-state index contributed by atoms with van der Waals surface area (Å²) in [7, 11) is -0.392. The van der Waals surface area contributed by atoms with E-state index in [9.17, 15) is 4.79 Å². The third-order valence-electron chi connectivity index (χ3n) is 4.95. The van der Waals surface area contributed by atoms with Gasteiger partial charge in [0.2, 0.25) is 5.91 Å². The number of nitrogens with zero attached hydrogens (tertiary/aromatic N) is 2. The summed E-state index contributed by atoms with van der Waals surface area (Å²) in [6, 6.07) is 0. The van der Waals surface area contributed by atoms with E-state index in [0.29, 0.717) is 26.1 Å². The van der Waals surface area contributed by atoms with E-state index < -0.39 is 7.12 Å². The molecule has 0 atom stereocenters. The average Bonchev–Trinajstić information content (AvgIpc) is 2.83. The van der Waals surface area contributed by atoms with E-state index in [0.717, 1.165) is 11.9 Å². The molecule has 8 heteroatoms. The Morgan fingerprint density at radius 2 is 1.88 bits per heavy atom. The molecule has 1 amide bonds. The molecular weight excluding hydrogens is 331 g/mol. The van der Waals surface area contributed by atoms with Crippen LogP contribution in [0.15, 0.2) is 23.9 Å². The molecule has 0 bridgehead atoms. The highest BCUT2D eigenvalue weighted by Crippen LogP contribution is 2.39. The van der Waals surface area contributed by atoms with Crippen LogP contribution in [-0.2, 0) is 14.1 Å². The molecule has 2 aliphatic heterocycles. The summed E-state index contributed by atoms with van der Waals surface area (Å²) >= 11 is 0. The number of rotatable bonds is 5. The molecule has 0 saturated carbocycles. The summed E-state index contributed by atoms with van der Waals surface area (Å²) in [5, 5.41) is 1.41. The maximum absolute atomic E-state index is 12.4. The van der Waals surface area contributed by atoms with Crippen LogP contribution in [-0.4, -0.2) is 53.8 Å². The average molecular weight is 366 g/mol. The van der Waals surface area contributed by atoms with Gasteiger partial charge in [-0.1, -0.05) is 19.9 Å². The van der Waals surface area contributed by atoms with E-state index >= 15 is 0 Å². The lowest BCUT2D eigenvalue weighted by molar-refractivity contribution is -0.131. The first kappa shape index (κ1) is 22.5. The Morgan fingerprint density at radius 3 is 2.42 bits per heavy atom. The Hall–Kier alpha value is -1.51. The minimum atomic E-state index is -0.392. The number of hydrazine groups is 1. The number of amides is 1. The fraction of sp³-hybridized carbons (Fsp3) is 0.722. The van der Waals surface area contributed by atoms with Gasteiger partial charge < -0.3 is 25.0 Å². The monoisotopic (exact) mass is 366 g/mol. The van der Waals surface area contributed by atoms with Crippen LogP contribution in [0.5, 0.6) is 0 Å². The second-order valence-corrected chi connectivity index (χ2v) is 7.30. The molecular formula is C18H35BN4O3. The lowest BCUT2D eigenvalue weighted by Gasteiger charge is -2.32. The summed E-state index contributed by atoms with van der Waals surface area (Å²) in [6.45, 7) is 13.8. The Kier molecular flexibility index (Phi) is 8.18. The van der Waals surface area contributed by atoms with Gasteiger partial charge in [0, 0.05) is 38.5 Å². The molecule has 0 aliphatic carbocycles. The zero-order chi connectivity index (χ0) is 20.0. The molecule has 7 nitrogen and oxygen atoms in total. The van der Waals surface area contributed by atoms with Crippen LogP contribution in [0.3, 0.4) is 0 Å². The maximum atomic E-state index is 12.4. The summed E-state index contributed by atoms with van der Waals surface area (Å²) in [5.74, 6) is 5.76. The number of nitrogens with two attached hydrogens (primary N) is 2. The van der Waals surface area contributed by atoms with Crippen molar-refractivity contribution >= 4 is 13.0 Å². The highest BCUT2D eigenvalue weighted by Gasteiger charge is 2.52. The topological polar surface area (TPSA) is 94.0 Å². The molecule has 2 heterocycles. The van der Waals surface area contributed by atoms with Crippen LogP contribution >= 0.6 is 0 Å². The molecule has 2 rings (SSSR count). The molecule has 0 spiro atoms. The van der Waals surface area contributed by atoms with Crippen molar-refractivity contribution in [2.45, 2.75) is 65.6 Å². The van der Waals surface area contributed by atoms with Crippen LogP contribution in [0.4, 0.5) is 0 Å². The fourth-order valence-corrected chi connectivity index (χ4v) is 2.72. The minimum absolute atomic E-state index is 0.0676. The summed E-state index contributed by atoms with van der Waals surface area (Å²) < 4.78 is 12.2. The van der Waals surface area contributed by atoms with Crippen molar-refractivity contribution in [2.75, 3.05) is 19.6 Å². The first-order valence-electron chi connectivity index (χ1n) is 9.38. The Balaban J connectivity index is 0.00000163. The van der Waals surface area contributed by atoms with Gasteiger partial charge >= 0.3 is 7.12 Å². The minimum Gasteiger partial charge on any atom is -0.403 e. The van der Waals surface area contributed by atoms with Gasteiger partial charge in [-0.25, -0.2) is 5.84 Å².